The van der Waals surface area contributed by atoms with E-state index in [4.69, 9.17) is 4.74 Å². The molecule has 1 N–H and O–H groups in total. The van der Waals surface area contributed by atoms with Gasteiger partial charge in [-0.15, -0.1) is 0 Å². The number of non-ortho nitro benzene ring substituents is 1. The van der Waals surface area contributed by atoms with E-state index in [-0.39, 0.29) is 48.1 Å². The standard InChI is InChI=1S/C21H22FN5O5S/c1-25-9-8-23-21(25)20(16-4-2-3-5-17(16)22)24-18-7-6-15(27(28)29)14-19(18)33(30,31)26-10-12-32-13-11-26/h2-9,14,20,24H,10-13H2,1H3. The second-order valence-corrected chi connectivity index (χ2v) is 9.36. The van der Waals surface area contributed by atoms with Crippen LogP contribution in [0, 0.1) is 15.9 Å². The van der Waals surface area contributed by atoms with Gasteiger partial charge in [0.2, 0.25) is 10.0 Å². The van der Waals surface area contributed by atoms with Crippen molar-refractivity contribution < 1.29 is 22.5 Å². The number of ether oxygens (including phenoxy) is 1. The molecule has 174 valence electrons. The molecule has 1 aliphatic rings. The number of halogens is 1. The van der Waals surface area contributed by atoms with Gasteiger partial charge in [0.25, 0.3) is 5.69 Å². The third-order valence-corrected chi connectivity index (χ3v) is 7.34. The molecule has 3 aromatic rings. The zero-order valence-electron chi connectivity index (χ0n) is 17.7. The molecule has 2 aromatic carbocycles. The minimum absolute atomic E-state index is 0.100. The van der Waals surface area contributed by atoms with Crippen molar-refractivity contribution in [2.24, 2.45) is 7.05 Å². The van der Waals surface area contributed by atoms with Gasteiger partial charge in [0.1, 0.15) is 22.6 Å². The van der Waals surface area contributed by atoms with Gasteiger partial charge in [0, 0.05) is 50.2 Å². The van der Waals surface area contributed by atoms with Crippen LogP contribution in [-0.2, 0) is 21.8 Å². The number of aromatic nitrogens is 2. The Kier molecular flexibility index (Phi) is 6.40. The van der Waals surface area contributed by atoms with E-state index in [0.29, 0.717) is 5.82 Å². The van der Waals surface area contributed by atoms with Crippen LogP contribution in [0.25, 0.3) is 0 Å². The number of sulfonamides is 1. The van der Waals surface area contributed by atoms with Crippen LogP contribution in [0.5, 0.6) is 0 Å². The largest absolute Gasteiger partial charge is 0.379 e. The average molecular weight is 476 g/mol. The van der Waals surface area contributed by atoms with E-state index in [0.717, 1.165) is 6.07 Å². The molecule has 1 aliphatic heterocycles. The highest BCUT2D eigenvalue weighted by atomic mass is 32.2. The Balaban J connectivity index is 1.84. The number of anilines is 1. The van der Waals surface area contributed by atoms with Crippen LogP contribution >= 0.6 is 0 Å². The quantitative estimate of drug-likeness (QED) is 0.412. The Morgan fingerprint density at radius 1 is 1.21 bits per heavy atom. The summed E-state index contributed by atoms with van der Waals surface area (Å²) in [5.41, 5.74) is -0.0185. The van der Waals surface area contributed by atoms with Gasteiger partial charge in [0.15, 0.2) is 0 Å². The number of benzene rings is 2. The van der Waals surface area contributed by atoms with E-state index >= 15 is 0 Å². The number of morpholine rings is 1. The highest BCUT2D eigenvalue weighted by Crippen LogP contribution is 2.34. The van der Waals surface area contributed by atoms with E-state index in [1.165, 1.54) is 22.5 Å². The maximum atomic E-state index is 14.8. The second kappa shape index (κ2) is 9.25. The molecular weight excluding hydrogens is 453 g/mol. The lowest BCUT2D eigenvalue weighted by molar-refractivity contribution is -0.385. The number of nitro groups is 1. The number of nitrogens with zero attached hydrogens (tertiary/aromatic N) is 4. The zero-order valence-corrected chi connectivity index (χ0v) is 18.5. The van der Waals surface area contributed by atoms with Crippen LogP contribution in [0.4, 0.5) is 15.8 Å². The van der Waals surface area contributed by atoms with Gasteiger partial charge >= 0.3 is 0 Å². The number of hydrogen-bond donors (Lipinski definition) is 1. The molecule has 2 heterocycles. The average Bonchev–Trinajstić information content (AvgIpc) is 3.24. The molecular formula is C21H22FN5O5S. The van der Waals surface area contributed by atoms with Gasteiger partial charge in [-0.2, -0.15) is 4.31 Å². The first kappa shape index (κ1) is 22.8. The van der Waals surface area contributed by atoms with Crippen LogP contribution < -0.4 is 5.32 Å². The Labute approximate surface area is 189 Å². The highest BCUT2D eigenvalue weighted by molar-refractivity contribution is 7.89. The van der Waals surface area contributed by atoms with Crippen molar-refractivity contribution in [2.45, 2.75) is 10.9 Å². The molecule has 1 aromatic heterocycles. The maximum absolute atomic E-state index is 14.8. The van der Waals surface area contributed by atoms with Crippen molar-refractivity contribution in [1.29, 1.82) is 0 Å². The molecule has 0 bridgehead atoms. The third-order valence-electron chi connectivity index (χ3n) is 5.40. The fraction of sp³-hybridized carbons (Fsp3) is 0.286. The zero-order chi connectivity index (χ0) is 23.6. The fourth-order valence-corrected chi connectivity index (χ4v) is 5.27. The van der Waals surface area contributed by atoms with Gasteiger partial charge in [-0.1, -0.05) is 18.2 Å². The molecule has 1 atom stereocenters. The van der Waals surface area contributed by atoms with E-state index < -0.39 is 26.8 Å². The molecule has 33 heavy (non-hydrogen) atoms. The van der Waals surface area contributed by atoms with Crippen LogP contribution in [0.3, 0.4) is 0 Å². The number of nitro benzene ring substituents is 1. The minimum atomic E-state index is -4.10. The van der Waals surface area contributed by atoms with Crippen molar-refractivity contribution in [3.05, 3.63) is 82.2 Å². The van der Waals surface area contributed by atoms with Gasteiger partial charge in [-0.25, -0.2) is 17.8 Å². The number of rotatable bonds is 7. The van der Waals surface area contributed by atoms with Gasteiger partial charge in [-0.3, -0.25) is 10.1 Å². The monoisotopic (exact) mass is 475 g/mol. The first-order chi connectivity index (χ1) is 15.8. The van der Waals surface area contributed by atoms with E-state index in [2.05, 4.69) is 10.3 Å². The molecule has 10 nitrogen and oxygen atoms in total. The van der Waals surface area contributed by atoms with E-state index in [9.17, 15) is 22.9 Å². The second-order valence-electron chi connectivity index (χ2n) is 7.45. The molecule has 0 radical (unpaired) electrons. The molecule has 1 unspecified atom stereocenters. The summed E-state index contributed by atoms with van der Waals surface area (Å²) in [6.45, 7) is 0.700. The summed E-state index contributed by atoms with van der Waals surface area (Å²) in [4.78, 5) is 14.8. The number of imidazole rings is 1. The third kappa shape index (κ3) is 4.58. The Bertz CT molecular complexity index is 1270. The molecule has 1 fully saturated rings. The first-order valence-corrected chi connectivity index (χ1v) is 11.6. The fourth-order valence-electron chi connectivity index (χ4n) is 3.68. The number of nitrogens with one attached hydrogen (secondary N) is 1. The molecule has 0 aliphatic carbocycles. The predicted octanol–water partition coefficient (Wildman–Crippen LogP) is 2.69. The van der Waals surface area contributed by atoms with Crippen LogP contribution in [0.1, 0.15) is 17.4 Å². The minimum Gasteiger partial charge on any atom is -0.379 e. The lowest BCUT2D eigenvalue weighted by Crippen LogP contribution is -2.40. The summed E-state index contributed by atoms with van der Waals surface area (Å²) in [5.74, 6) is -0.0642. The summed E-state index contributed by atoms with van der Waals surface area (Å²) in [6.07, 6.45) is 3.23. The van der Waals surface area contributed by atoms with E-state index in [1.807, 2.05) is 0 Å². The molecule has 1 saturated heterocycles. The smallest absolute Gasteiger partial charge is 0.270 e. The number of aryl methyl sites for hydroxylation is 1. The van der Waals surface area contributed by atoms with Crippen LogP contribution in [0.2, 0.25) is 0 Å². The van der Waals surface area contributed by atoms with Gasteiger partial charge < -0.3 is 14.6 Å². The molecule has 0 spiro atoms. The summed E-state index contributed by atoms with van der Waals surface area (Å²) >= 11 is 0. The van der Waals surface area contributed by atoms with Crippen molar-refractivity contribution in [2.75, 3.05) is 31.6 Å². The van der Waals surface area contributed by atoms with Gasteiger partial charge in [-0.05, 0) is 12.1 Å². The summed E-state index contributed by atoms with van der Waals surface area (Å²) < 4.78 is 49.8. The molecule has 12 heteroatoms. The normalized spacial score (nSPS) is 15.8. The summed E-state index contributed by atoms with van der Waals surface area (Å²) in [7, 11) is -2.36. The predicted molar refractivity (Wildman–Crippen MR) is 118 cm³/mol. The highest BCUT2D eigenvalue weighted by Gasteiger charge is 2.32. The Hall–Kier alpha value is -3.35. The lowest BCUT2D eigenvalue weighted by Gasteiger charge is -2.28. The Morgan fingerprint density at radius 3 is 2.58 bits per heavy atom. The molecule has 0 saturated carbocycles. The first-order valence-electron chi connectivity index (χ1n) is 10.1. The van der Waals surface area contributed by atoms with Crippen molar-refractivity contribution in [1.82, 2.24) is 13.9 Å². The topological polar surface area (TPSA) is 120 Å². The summed E-state index contributed by atoms with van der Waals surface area (Å²) in [6, 6.07) is 8.78. The lowest BCUT2D eigenvalue weighted by atomic mass is 10.0. The van der Waals surface area contributed by atoms with Crippen LogP contribution in [0.15, 0.2) is 59.8 Å². The van der Waals surface area contributed by atoms with Crippen LogP contribution in [-0.4, -0.2) is 53.5 Å². The van der Waals surface area contributed by atoms with Gasteiger partial charge in [0.05, 0.1) is 23.8 Å². The molecule has 4 rings (SSSR count). The number of hydrogen-bond acceptors (Lipinski definition) is 7. The SMILES string of the molecule is Cn1ccnc1C(Nc1ccc([N+](=O)[O-])cc1S(=O)(=O)N1CCOCC1)c1ccccc1F. The van der Waals surface area contributed by atoms with Crippen molar-refractivity contribution in [3.8, 4) is 0 Å². The summed E-state index contributed by atoms with van der Waals surface area (Å²) in [5, 5.41) is 14.5. The molecule has 0 amide bonds. The van der Waals surface area contributed by atoms with E-state index in [1.54, 1.807) is 42.2 Å². The maximum Gasteiger partial charge on any atom is 0.270 e. The Morgan fingerprint density at radius 2 is 1.94 bits per heavy atom. The van der Waals surface area contributed by atoms with Crippen molar-refractivity contribution in [3.63, 3.8) is 0 Å². The van der Waals surface area contributed by atoms with Crippen molar-refractivity contribution >= 4 is 21.4 Å².